The van der Waals surface area contributed by atoms with Crippen molar-refractivity contribution < 1.29 is 19.1 Å². The van der Waals surface area contributed by atoms with Crippen LogP contribution in [0.5, 0.6) is 0 Å². The molecule has 5 heteroatoms. The Balaban J connectivity index is 2.41. The predicted molar refractivity (Wildman–Crippen MR) is 53.0 cm³/mol. The summed E-state index contributed by atoms with van der Waals surface area (Å²) in [5.74, 6) is 0.0516. The number of hydrogen-bond acceptors (Lipinski definition) is 5. The molecule has 1 aliphatic heterocycles. The first-order chi connectivity index (χ1) is 6.69. The third-order valence-electron chi connectivity index (χ3n) is 2.08. The maximum atomic E-state index is 11.3. The zero-order valence-electron chi connectivity index (χ0n) is 8.32. The quantitative estimate of drug-likeness (QED) is 0.657. The van der Waals surface area contributed by atoms with Crippen LogP contribution in [0.15, 0.2) is 0 Å². The molecule has 1 rings (SSSR count). The molecule has 4 nitrogen and oxygen atoms in total. The van der Waals surface area contributed by atoms with Gasteiger partial charge in [-0.05, 0) is 13.3 Å². The van der Waals surface area contributed by atoms with Gasteiger partial charge in [-0.15, -0.1) is 11.8 Å². The van der Waals surface area contributed by atoms with Crippen LogP contribution in [0.3, 0.4) is 0 Å². The van der Waals surface area contributed by atoms with Crippen LogP contribution in [0.1, 0.15) is 13.3 Å². The molecule has 0 aromatic rings. The summed E-state index contributed by atoms with van der Waals surface area (Å²) in [6, 6.07) is 0. The highest BCUT2D eigenvalue weighted by Gasteiger charge is 2.35. The van der Waals surface area contributed by atoms with Gasteiger partial charge in [0.05, 0.1) is 19.6 Å². The lowest BCUT2D eigenvalue weighted by Gasteiger charge is -2.07. The predicted octanol–water partition coefficient (Wildman–Crippen LogP) is 0.844. The molecular formula is C9H14O4S. The summed E-state index contributed by atoms with van der Waals surface area (Å²) in [7, 11) is 1.36. The number of ether oxygens (including phenoxy) is 2. The monoisotopic (exact) mass is 218 g/mol. The first-order valence-electron chi connectivity index (χ1n) is 4.55. The molecule has 1 heterocycles. The maximum absolute atomic E-state index is 11.3. The highest BCUT2D eigenvalue weighted by atomic mass is 32.2. The molecule has 0 radical (unpaired) electrons. The average Bonchev–Trinajstić information content (AvgIpc) is 2.66. The maximum Gasteiger partial charge on any atom is 0.318 e. The fourth-order valence-electron chi connectivity index (χ4n) is 1.35. The van der Waals surface area contributed by atoms with Gasteiger partial charge in [0.1, 0.15) is 5.25 Å². The van der Waals surface area contributed by atoms with E-state index in [0.717, 1.165) is 0 Å². The minimum atomic E-state index is -0.248. The Morgan fingerprint density at radius 2 is 2.14 bits per heavy atom. The fourth-order valence-corrected chi connectivity index (χ4v) is 2.68. The summed E-state index contributed by atoms with van der Waals surface area (Å²) in [4.78, 5) is 22.5. The zero-order valence-corrected chi connectivity index (χ0v) is 9.13. The molecule has 0 spiro atoms. The van der Waals surface area contributed by atoms with Gasteiger partial charge in [-0.3, -0.25) is 9.59 Å². The van der Waals surface area contributed by atoms with Gasteiger partial charge in [-0.25, -0.2) is 0 Å². The van der Waals surface area contributed by atoms with Gasteiger partial charge in [0, 0.05) is 5.75 Å². The van der Waals surface area contributed by atoms with Crippen LogP contribution in [-0.2, 0) is 19.1 Å². The number of thioether (sulfide) groups is 1. The van der Waals surface area contributed by atoms with Gasteiger partial charge in [0.2, 0.25) is 0 Å². The van der Waals surface area contributed by atoms with Gasteiger partial charge in [-0.1, -0.05) is 0 Å². The number of carbonyl (C=O) groups is 2. The molecule has 1 saturated heterocycles. The lowest BCUT2D eigenvalue weighted by atomic mass is 10.1. The standard InChI is InChI=1S/C9H14O4S/c1-3-13-8(10)6-4-7(14-5-6)9(11)12-2/h6-7H,3-5H2,1-2H3/t6-,7+/m0/s1. The molecule has 0 amide bonds. The Kier molecular flexibility index (Phi) is 4.25. The van der Waals surface area contributed by atoms with Crippen molar-refractivity contribution in [1.29, 1.82) is 0 Å². The van der Waals surface area contributed by atoms with Gasteiger partial charge >= 0.3 is 11.9 Å². The first kappa shape index (κ1) is 11.4. The minimum absolute atomic E-state index is 0.149. The highest BCUT2D eigenvalue weighted by Crippen LogP contribution is 2.32. The van der Waals surface area contributed by atoms with Crippen LogP contribution >= 0.6 is 11.8 Å². The molecule has 14 heavy (non-hydrogen) atoms. The molecule has 0 aromatic carbocycles. The van der Waals surface area contributed by atoms with Crippen molar-refractivity contribution >= 4 is 23.7 Å². The van der Waals surface area contributed by atoms with Crippen LogP contribution in [0.2, 0.25) is 0 Å². The van der Waals surface area contributed by atoms with E-state index in [-0.39, 0.29) is 23.1 Å². The second-order valence-electron chi connectivity index (χ2n) is 3.03. The summed E-state index contributed by atoms with van der Waals surface area (Å²) in [5.41, 5.74) is 0. The Bertz CT molecular complexity index is 229. The van der Waals surface area contributed by atoms with E-state index in [1.54, 1.807) is 6.92 Å². The second-order valence-corrected chi connectivity index (χ2v) is 4.27. The van der Waals surface area contributed by atoms with Gasteiger partial charge in [0.25, 0.3) is 0 Å². The van der Waals surface area contributed by atoms with E-state index in [9.17, 15) is 9.59 Å². The van der Waals surface area contributed by atoms with Gasteiger partial charge in [-0.2, -0.15) is 0 Å². The normalized spacial score (nSPS) is 25.9. The van der Waals surface area contributed by atoms with Gasteiger partial charge in [0.15, 0.2) is 0 Å². The Morgan fingerprint density at radius 3 is 2.71 bits per heavy atom. The van der Waals surface area contributed by atoms with E-state index in [2.05, 4.69) is 4.74 Å². The highest BCUT2D eigenvalue weighted by molar-refractivity contribution is 8.00. The molecule has 0 aromatic heterocycles. The van der Waals surface area contributed by atoms with Crippen molar-refractivity contribution in [3.05, 3.63) is 0 Å². The smallest absolute Gasteiger partial charge is 0.318 e. The van der Waals surface area contributed by atoms with Crippen LogP contribution in [0.25, 0.3) is 0 Å². The number of methoxy groups -OCH3 is 1. The molecule has 80 valence electrons. The number of carbonyl (C=O) groups excluding carboxylic acids is 2. The summed E-state index contributed by atoms with van der Waals surface area (Å²) in [6.45, 7) is 2.17. The van der Waals surface area contributed by atoms with Crippen molar-refractivity contribution in [2.45, 2.75) is 18.6 Å². The summed E-state index contributed by atoms with van der Waals surface area (Å²) >= 11 is 1.46. The largest absolute Gasteiger partial charge is 0.468 e. The SMILES string of the molecule is CCOC(=O)[C@@H]1CS[C@@H](C(=O)OC)C1. The Hall–Kier alpha value is -0.710. The van der Waals surface area contributed by atoms with Crippen molar-refractivity contribution in [3.8, 4) is 0 Å². The topological polar surface area (TPSA) is 52.6 Å². The Labute approximate surface area is 87.3 Å². The van der Waals surface area contributed by atoms with E-state index in [1.807, 2.05) is 0 Å². The van der Waals surface area contributed by atoms with Crippen molar-refractivity contribution in [1.82, 2.24) is 0 Å². The number of rotatable bonds is 3. The summed E-state index contributed by atoms with van der Waals surface area (Å²) in [6.07, 6.45) is 0.538. The van der Waals surface area contributed by atoms with E-state index in [0.29, 0.717) is 18.8 Å². The van der Waals surface area contributed by atoms with E-state index >= 15 is 0 Å². The third-order valence-corrected chi connectivity index (χ3v) is 3.46. The second kappa shape index (κ2) is 5.24. The molecule has 2 atom stereocenters. The first-order valence-corrected chi connectivity index (χ1v) is 5.60. The number of hydrogen-bond donors (Lipinski definition) is 0. The molecule has 0 unspecified atom stereocenters. The number of esters is 2. The molecular weight excluding hydrogens is 204 g/mol. The molecule has 1 aliphatic rings. The van der Waals surface area contributed by atoms with E-state index in [1.165, 1.54) is 18.9 Å². The molecule has 0 aliphatic carbocycles. The minimum Gasteiger partial charge on any atom is -0.468 e. The fraction of sp³-hybridized carbons (Fsp3) is 0.778. The van der Waals surface area contributed by atoms with E-state index in [4.69, 9.17) is 4.74 Å². The zero-order chi connectivity index (χ0) is 10.6. The van der Waals surface area contributed by atoms with Gasteiger partial charge < -0.3 is 9.47 Å². The van der Waals surface area contributed by atoms with Crippen molar-refractivity contribution in [3.63, 3.8) is 0 Å². The Morgan fingerprint density at radius 1 is 1.43 bits per heavy atom. The van der Waals surface area contributed by atoms with Crippen LogP contribution in [0, 0.1) is 5.92 Å². The summed E-state index contributed by atoms with van der Waals surface area (Å²) < 4.78 is 9.49. The molecule has 0 N–H and O–H groups in total. The van der Waals surface area contributed by atoms with Crippen LogP contribution < -0.4 is 0 Å². The van der Waals surface area contributed by atoms with Crippen molar-refractivity contribution in [2.24, 2.45) is 5.92 Å². The van der Waals surface area contributed by atoms with Crippen LogP contribution in [-0.4, -0.2) is 36.7 Å². The third kappa shape index (κ3) is 2.64. The average molecular weight is 218 g/mol. The lowest BCUT2D eigenvalue weighted by molar-refractivity contribution is -0.147. The summed E-state index contributed by atoms with van der Waals surface area (Å²) in [5, 5.41) is -0.200. The lowest BCUT2D eigenvalue weighted by Crippen LogP contribution is -2.21. The molecule has 0 bridgehead atoms. The van der Waals surface area contributed by atoms with Crippen molar-refractivity contribution in [2.75, 3.05) is 19.5 Å². The van der Waals surface area contributed by atoms with Crippen LogP contribution in [0.4, 0.5) is 0 Å². The van der Waals surface area contributed by atoms with E-state index < -0.39 is 0 Å². The molecule has 0 saturated carbocycles. The molecule has 1 fully saturated rings.